The van der Waals surface area contributed by atoms with Crippen LogP contribution in [0.3, 0.4) is 0 Å². The average molecular weight is 371 g/mol. The molecule has 26 heavy (non-hydrogen) atoms. The molecule has 2 aromatic carbocycles. The maximum Gasteiger partial charge on any atom is 0.321 e. The van der Waals surface area contributed by atoms with Gasteiger partial charge in [-0.2, -0.15) is 0 Å². The van der Waals surface area contributed by atoms with Gasteiger partial charge in [0.05, 0.1) is 29.7 Å². The number of aryl methyl sites for hydroxylation is 1. The summed E-state index contributed by atoms with van der Waals surface area (Å²) in [5.41, 5.74) is 3.74. The molecule has 2 amide bonds. The predicted molar refractivity (Wildman–Crippen MR) is 102 cm³/mol. The number of carbonyl (C=O) groups excluding carboxylic acids is 1. The van der Waals surface area contributed by atoms with Crippen molar-refractivity contribution in [1.29, 1.82) is 0 Å². The van der Waals surface area contributed by atoms with Crippen molar-refractivity contribution in [1.82, 2.24) is 14.9 Å². The second-order valence-corrected chi connectivity index (χ2v) is 6.96. The van der Waals surface area contributed by atoms with Gasteiger partial charge in [0.1, 0.15) is 11.6 Å². The van der Waals surface area contributed by atoms with E-state index >= 15 is 0 Å². The topological polar surface area (TPSA) is 70.2 Å². The summed E-state index contributed by atoms with van der Waals surface area (Å²) in [4.78, 5) is 22.2. The summed E-state index contributed by atoms with van der Waals surface area (Å²) in [6, 6.07) is 11.1. The zero-order valence-electron chi connectivity index (χ0n) is 14.5. The molecule has 7 heteroatoms. The number of H-pyrrole nitrogens is 1. The van der Waals surface area contributed by atoms with E-state index in [9.17, 15) is 4.79 Å². The minimum Gasteiger partial charge on any atom is -0.495 e. The first-order valence-electron chi connectivity index (χ1n) is 8.39. The molecule has 0 unspecified atom stereocenters. The summed E-state index contributed by atoms with van der Waals surface area (Å²) >= 11 is 6.00. The minimum atomic E-state index is -0.172. The number of nitrogens with zero attached hydrogens (tertiary/aromatic N) is 2. The molecule has 1 aliphatic heterocycles. The number of hydrogen-bond donors (Lipinski definition) is 2. The van der Waals surface area contributed by atoms with Crippen molar-refractivity contribution in [2.75, 3.05) is 25.5 Å². The second-order valence-electron chi connectivity index (χ2n) is 6.52. The molecule has 0 aliphatic carbocycles. The highest BCUT2D eigenvalue weighted by molar-refractivity contribution is 6.31. The van der Waals surface area contributed by atoms with Gasteiger partial charge in [0, 0.05) is 18.1 Å². The van der Waals surface area contributed by atoms with E-state index in [1.54, 1.807) is 30.2 Å². The van der Waals surface area contributed by atoms with Crippen molar-refractivity contribution >= 4 is 34.4 Å². The second kappa shape index (κ2) is 6.53. The number of hydrogen-bond acceptors (Lipinski definition) is 3. The van der Waals surface area contributed by atoms with Gasteiger partial charge in [0.15, 0.2) is 0 Å². The number of nitrogens with one attached hydrogen (secondary N) is 2. The standard InChI is InChI=1S/C19H19ClN4O2/c1-11-3-5-14-15(7-11)22-18(21-14)12-9-24(10-12)19(25)23-16-8-13(20)4-6-17(16)26-2/h3-8,12H,9-10H2,1-2H3,(H,21,22)(H,23,25). The van der Waals surface area contributed by atoms with Gasteiger partial charge in [-0.05, 0) is 42.8 Å². The summed E-state index contributed by atoms with van der Waals surface area (Å²) in [5, 5.41) is 3.40. The summed E-state index contributed by atoms with van der Waals surface area (Å²) in [6.45, 7) is 3.29. The Hall–Kier alpha value is -2.73. The van der Waals surface area contributed by atoms with Crippen molar-refractivity contribution in [3.63, 3.8) is 0 Å². The van der Waals surface area contributed by atoms with Gasteiger partial charge in [-0.15, -0.1) is 0 Å². The Morgan fingerprint density at radius 1 is 1.31 bits per heavy atom. The van der Waals surface area contributed by atoms with E-state index in [1.807, 2.05) is 12.1 Å². The molecule has 0 spiro atoms. The summed E-state index contributed by atoms with van der Waals surface area (Å²) in [5.74, 6) is 1.72. The van der Waals surface area contributed by atoms with E-state index < -0.39 is 0 Å². The van der Waals surface area contributed by atoms with E-state index in [1.165, 1.54) is 5.56 Å². The molecule has 0 bridgehead atoms. The maximum atomic E-state index is 12.5. The number of rotatable bonds is 3. The predicted octanol–water partition coefficient (Wildman–Crippen LogP) is 4.16. The van der Waals surface area contributed by atoms with E-state index in [4.69, 9.17) is 16.3 Å². The quantitative estimate of drug-likeness (QED) is 0.727. The van der Waals surface area contributed by atoms with Gasteiger partial charge in [0.2, 0.25) is 0 Å². The van der Waals surface area contributed by atoms with Crippen LogP contribution in [0.5, 0.6) is 5.75 Å². The Morgan fingerprint density at radius 3 is 2.88 bits per heavy atom. The molecule has 134 valence electrons. The smallest absolute Gasteiger partial charge is 0.321 e. The van der Waals surface area contributed by atoms with Gasteiger partial charge in [-0.1, -0.05) is 17.7 Å². The summed E-state index contributed by atoms with van der Waals surface area (Å²) in [6.07, 6.45) is 0. The number of aromatic nitrogens is 2. The minimum absolute atomic E-state index is 0.172. The van der Waals surface area contributed by atoms with Crippen LogP contribution in [-0.2, 0) is 0 Å². The Bertz CT molecular complexity index is 979. The molecule has 4 rings (SSSR count). The lowest BCUT2D eigenvalue weighted by Gasteiger charge is -2.38. The van der Waals surface area contributed by atoms with Crippen LogP contribution in [0.15, 0.2) is 36.4 Å². The number of urea groups is 1. The Morgan fingerprint density at radius 2 is 2.12 bits per heavy atom. The highest BCUT2D eigenvalue weighted by atomic mass is 35.5. The Labute approximate surface area is 156 Å². The molecular weight excluding hydrogens is 352 g/mol. The highest BCUT2D eigenvalue weighted by Crippen LogP contribution is 2.31. The van der Waals surface area contributed by atoms with Crippen molar-refractivity contribution in [2.45, 2.75) is 12.8 Å². The molecule has 0 atom stereocenters. The molecule has 3 aromatic rings. The molecule has 0 saturated carbocycles. The number of anilines is 1. The fourth-order valence-electron chi connectivity index (χ4n) is 3.13. The summed E-state index contributed by atoms with van der Waals surface area (Å²) < 4.78 is 5.26. The lowest BCUT2D eigenvalue weighted by Crippen LogP contribution is -2.50. The van der Waals surface area contributed by atoms with Gasteiger partial charge < -0.3 is 19.9 Å². The molecule has 2 N–H and O–H groups in total. The van der Waals surface area contributed by atoms with Crippen LogP contribution in [0, 0.1) is 6.92 Å². The Balaban J connectivity index is 1.42. The fourth-order valence-corrected chi connectivity index (χ4v) is 3.30. The van der Waals surface area contributed by atoms with E-state index in [0.717, 1.165) is 16.9 Å². The molecular formula is C19H19ClN4O2. The number of likely N-dealkylation sites (tertiary alicyclic amines) is 1. The number of fused-ring (bicyclic) bond motifs is 1. The number of aromatic amines is 1. The Kier molecular flexibility index (Phi) is 4.20. The molecule has 1 aliphatic rings. The average Bonchev–Trinajstić information content (AvgIpc) is 2.96. The van der Waals surface area contributed by atoms with Crippen molar-refractivity contribution < 1.29 is 9.53 Å². The van der Waals surface area contributed by atoms with Crippen LogP contribution >= 0.6 is 11.6 Å². The van der Waals surface area contributed by atoms with Crippen LogP contribution in [-0.4, -0.2) is 41.1 Å². The number of benzene rings is 2. The number of ether oxygens (including phenoxy) is 1. The van der Waals surface area contributed by atoms with Crippen LogP contribution < -0.4 is 10.1 Å². The van der Waals surface area contributed by atoms with E-state index in [0.29, 0.717) is 29.5 Å². The molecule has 2 heterocycles. The molecule has 6 nitrogen and oxygen atoms in total. The third-order valence-electron chi connectivity index (χ3n) is 4.61. The van der Waals surface area contributed by atoms with Crippen LogP contribution in [0.2, 0.25) is 5.02 Å². The van der Waals surface area contributed by atoms with E-state index in [-0.39, 0.29) is 11.9 Å². The number of methoxy groups -OCH3 is 1. The zero-order valence-corrected chi connectivity index (χ0v) is 15.3. The monoisotopic (exact) mass is 370 g/mol. The van der Waals surface area contributed by atoms with Crippen LogP contribution in [0.1, 0.15) is 17.3 Å². The lowest BCUT2D eigenvalue weighted by molar-refractivity contribution is 0.161. The zero-order chi connectivity index (χ0) is 18.3. The highest BCUT2D eigenvalue weighted by Gasteiger charge is 2.34. The summed E-state index contributed by atoms with van der Waals surface area (Å²) in [7, 11) is 1.56. The van der Waals surface area contributed by atoms with Gasteiger partial charge in [0.25, 0.3) is 0 Å². The van der Waals surface area contributed by atoms with Crippen molar-refractivity contribution in [3.8, 4) is 5.75 Å². The number of carbonyl (C=O) groups is 1. The SMILES string of the molecule is COc1ccc(Cl)cc1NC(=O)N1CC(c2nc3ccc(C)cc3[nH]2)C1. The van der Waals surface area contributed by atoms with Crippen LogP contribution in [0.25, 0.3) is 11.0 Å². The fraction of sp³-hybridized carbons (Fsp3) is 0.263. The first-order chi connectivity index (χ1) is 12.5. The molecule has 1 saturated heterocycles. The first kappa shape index (κ1) is 16.7. The third kappa shape index (κ3) is 3.08. The molecule has 1 aromatic heterocycles. The molecule has 0 radical (unpaired) electrons. The van der Waals surface area contributed by atoms with Crippen LogP contribution in [0.4, 0.5) is 10.5 Å². The third-order valence-corrected chi connectivity index (χ3v) is 4.85. The number of halogens is 1. The van der Waals surface area contributed by atoms with Crippen molar-refractivity contribution in [3.05, 3.63) is 52.8 Å². The lowest BCUT2D eigenvalue weighted by atomic mass is 10.0. The largest absolute Gasteiger partial charge is 0.495 e. The van der Waals surface area contributed by atoms with Crippen molar-refractivity contribution in [2.24, 2.45) is 0 Å². The maximum absolute atomic E-state index is 12.5. The van der Waals surface area contributed by atoms with Gasteiger partial charge in [-0.25, -0.2) is 9.78 Å². The van der Waals surface area contributed by atoms with Gasteiger partial charge in [-0.3, -0.25) is 0 Å². The van der Waals surface area contributed by atoms with Gasteiger partial charge >= 0.3 is 6.03 Å². The number of amides is 2. The normalized spacial score (nSPS) is 14.3. The first-order valence-corrected chi connectivity index (χ1v) is 8.77. The molecule has 1 fully saturated rings. The number of imidazole rings is 1. The van der Waals surface area contributed by atoms with E-state index in [2.05, 4.69) is 28.3 Å².